The van der Waals surface area contributed by atoms with E-state index in [0.717, 1.165) is 6.20 Å². The van der Waals surface area contributed by atoms with E-state index in [2.05, 4.69) is 5.32 Å². The number of anilines is 1. The molecule has 2 rings (SSSR count). The van der Waals surface area contributed by atoms with E-state index in [9.17, 15) is 22.0 Å². The summed E-state index contributed by atoms with van der Waals surface area (Å²) < 4.78 is 71.6. The van der Waals surface area contributed by atoms with Crippen LogP contribution in [0.1, 0.15) is 5.56 Å². The largest absolute Gasteiger partial charge is 0.449 e. The molecule has 0 bridgehead atoms. The smallest absolute Gasteiger partial charge is 0.416 e. The molecule has 0 saturated heterocycles. The quantitative estimate of drug-likeness (QED) is 0.338. The molecule has 0 atom stereocenters. The molecular formula is C17H7F5IN3O. The van der Waals surface area contributed by atoms with E-state index in [-0.39, 0.29) is 29.1 Å². The lowest BCUT2D eigenvalue weighted by atomic mass is 10.2. The molecule has 0 heterocycles. The Hall–Kier alpha value is -2.86. The third-order valence-corrected chi connectivity index (χ3v) is 3.76. The minimum absolute atomic E-state index is 0.126. The Bertz CT molecular complexity index is 951. The first-order valence-electron chi connectivity index (χ1n) is 6.96. The summed E-state index contributed by atoms with van der Waals surface area (Å²) in [6, 6.07) is 7.82. The van der Waals surface area contributed by atoms with Crippen LogP contribution in [0.15, 0.2) is 42.1 Å². The third kappa shape index (κ3) is 5.08. The number of ether oxygens (including phenoxy) is 1. The zero-order chi connectivity index (χ0) is 20.2. The third-order valence-electron chi connectivity index (χ3n) is 3.09. The monoisotopic (exact) mass is 491 g/mol. The average Bonchev–Trinajstić information content (AvgIpc) is 2.59. The minimum Gasteiger partial charge on any atom is -0.449 e. The minimum atomic E-state index is -4.91. The lowest BCUT2D eigenvalue weighted by molar-refractivity contribution is -0.138. The highest BCUT2D eigenvalue weighted by molar-refractivity contribution is 14.1. The molecule has 0 fully saturated rings. The molecule has 138 valence electrons. The zero-order valence-corrected chi connectivity index (χ0v) is 15.2. The van der Waals surface area contributed by atoms with Crippen molar-refractivity contribution >= 4 is 28.3 Å². The van der Waals surface area contributed by atoms with E-state index in [0.29, 0.717) is 3.57 Å². The summed E-state index contributed by atoms with van der Waals surface area (Å²) in [5, 5.41) is 20.0. The maximum absolute atomic E-state index is 14.0. The van der Waals surface area contributed by atoms with Gasteiger partial charge in [0.1, 0.15) is 17.7 Å². The first-order chi connectivity index (χ1) is 12.7. The number of rotatable bonds is 4. The van der Waals surface area contributed by atoms with Crippen LogP contribution in [0.2, 0.25) is 0 Å². The van der Waals surface area contributed by atoms with Crippen LogP contribution in [-0.4, -0.2) is 0 Å². The van der Waals surface area contributed by atoms with Gasteiger partial charge in [0.05, 0.1) is 11.3 Å². The van der Waals surface area contributed by atoms with Gasteiger partial charge in [-0.2, -0.15) is 23.7 Å². The van der Waals surface area contributed by atoms with E-state index in [1.807, 2.05) is 22.6 Å². The molecule has 0 aliphatic carbocycles. The first kappa shape index (κ1) is 20.5. The van der Waals surface area contributed by atoms with Crippen LogP contribution in [0.4, 0.5) is 27.6 Å². The van der Waals surface area contributed by atoms with Crippen LogP contribution in [-0.2, 0) is 6.18 Å². The summed E-state index contributed by atoms with van der Waals surface area (Å²) >= 11 is 1.94. The predicted molar refractivity (Wildman–Crippen MR) is 93.5 cm³/mol. The van der Waals surface area contributed by atoms with Gasteiger partial charge in [0.25, 0.3) is 0 Å². The fourth-order valence-corrected chi connectivity index (χ4v) is 2.37. The van der Waals surface area contributed by atoms with Crippen LogP contribution in [0.3, 0.4) is 0 Å². The van der Waals surface area contributed by atoms with Gasteiger partial charge in [0.15, 0.2) is 23.1 Å². The van der Waals surface area contributed by atoms with Gasteiger partial charge in [-0.1, -0.05) is 0 Å². The molecule has 0 aliphatic heterocycles. The van der Waals surface area contributed by atoms with E-state index in [1.54, 1.807) is 12.1 Å². The van der Waals surface area contributed by atoms with E-state index in [1.165, 1.54) is 18.2 Å². The van der Waals surface area contributed by atoms with Gasteiger partial charge in [-0.05, 0) is 52.9 Å². The van der Waals surface area contributed by atoms with Gasteiger partial charge < -0.3 is 10.1 Å². The van der Waals surface area contributed by atoms with Crippen LogP contribution < -0.4 is 10.1 Å². The Balaban J connectivity index is 2.43. The van der Waals surface area contributed by atoms with Crippen molar-refractivity contribution in [2.24, 2.45) is 0 Å². The number of nitriles is 2. The number of hydrogen-bond acceptors (Lipinski definition) is 4. The molecule has 1 N–H and O–H groups in total. The Morgan fingerprint density at radius 1 is 1.07 bits per heavy atom. The number of alkyl halides is 3. The lowest BCUT2D eigenvalue weighted by Crippen LogP contribution is -2.07. The summed E-state index contributed by atoms with van der Waals surface area (Å²) in [6.07, 6.45) is -3.86. The van der Waals surface area contributed by atoms with Gasteiger partial charge in [-0.3, -0.25) is 0 Å². The summed E-state index contributed by atoms with van der Waals surface area (Å²) in [6.45, 7) is 0. The zero-order valence-electron chi connectivity index (χ0n) is 13.0. The maximum atomic E-state index is 14.0. The average molecular weight is 491 g/mol. The molecule has 4 nitrogen and oxygen atoms in total. The lowest BCUT2D eigenvalue weighted by Gasteiger charge is -2.14. The van der Waals surface area contributed by atoms with Crippen molar-refractivity contribution in [2.45, 2.75) is 6.18 Å². The predicted octanol–water partition coefficient (Wildman–Crippen LogP) is 5.72. The molecule has 0 spiro atoms. The normalized spacial score (nSPS) is 10.5. The van der Waals surface area contributed by atoms with E-state index < -0.39 is 29.1 Å². The highest BCUT2D eigenvalue weighted by Crippen LogP contribution is 2.37. The highest BCUT2D eigenvalue weighted by atomic mass is 127. The van der Waals surface area contributed by atoms with Gasteiger partial charge in [0.2, 0.25) is 0 Å². The van der Waals surface area contributed by atoms with Gasteiger partial charge in [0, 0.05) is 9.77 Å². The standard InChI is InChI=1S/C17H7F5IN3O/c18-12-3-10(17(20,21)22)4-13(19)16(12)27-15-2-1-11(23)5-14(15)26-8-9(6-24)7-25/h1-5,8,26H. The van der Waals surface area contributed by atoms with Crippen LogP contribution in [0, 0.1) is 37.9 Å². The van der Waals surface area contributed by atoms with E-state index >= 15 is 0 Å². The summed E-state index contributed by atoms with van der Waals surface area (Å²) in [4.78, 5) is 0. The molecule has 2 aromatic carbocycles. The first-order valence-corrected chi connectivity index (χ1v) is 8.04. The van der Waals surface area contributed by atoms with Crippen molar-refractivity contribution in [3.8, 4) is 23.6 Å². The Morgan fingerprint density at radius 2 is 1.67 bits per heavy atom. The highest BCUT2D eigenvalue weighted by Gasteiger charge is 2.33. The fraction of sp³-hybridized carbons (Fsp3) is 0.0588. The molecule has 0 aliphatic rings. The van der Waals surface area contributed by atoms with Gasteiger partial charge in [-0.15, -0.1) is 0 Å². The molecule has 0 amide bonds. The number of allylic oxidation sites excluding steroid dienone is 1. The molecule has 0 unspecified atom stereocenters. The maximum Gasteiger partial charge on any atom is 0.416 e. The van der Waals surface area contributed by atoms with E-state index in [4.69, 9.17) is 15.3 Å². The topological polar surface area (TPSA) is 68.8 Å². The molecule has 27 heavy (non-hydrogen) atoms. The SMILES string of the molecule is N#CC(C#N)=CNc1cc(I)ccc1Oc1c(F)cc(C(F)(F)F)cc1F. The number of nitrogens with one attached hydrogen (secondary N) is 1. The fourth-order valence-electron chi connectivity index (χ4n) is 1.87. The second kappa shape index (κ2) is 8.22. The van der Waals surface area contributed by atoms with Crippen molar-refractivity contribution in [1.29, 1.82) is 10.5 Å². The van der Waals surface area contributed by atoms with Crippen LogP contribution in [0.5, 0.6) is 11.5 Å². The number of benzene rings is 2. The number of nitrogens with zero attached hydrogens (tertiary/aromatic N) is 2. The Morgan fingerprint density at radius 3 is 2.19 bits per heavy atom. The van der Waals surface area contributed by atoms with Crippen LogP contribution >= 0.6 is 22.6 Å². The van der Waals surface area contributed by atoms with Crippen LogP contribution in [0.25, 0.3) is 0 Å². The second-order valence-corrected chi connectivity index (χ2v) is 6.18. The summed E-state index contributed by atoms with van der Waals surface area (Å²) in [7, 11) is 0. The van der Waals surface area contributed by atoms with Crippen molar-refractivity contribution in [3.63, 3.8) is 0 Å². The Labute approximate surface area is 163 Å². The second-order valence-electron chi connectivity index (χ2n) is 4.94. The number of halogens is 6. The van der Waals surface area contributed by atoms with Crippen molar-refractivity contribution in [1.82, 2.24) is 0 Å². The summed E-state index contributed by atoms with van der Waals surface area (Å²) in [5.74, 6) is -4.20. The number of hydrogen-bond donors (Lipinski definition) is 1. The van der Waals surface area contributed by atoms with Gasteiger partial charge >= 0.3 is 6.18 Å². The van der Waals surface area contributed by atoms with Crippen molar-refractivity contribution in [3.05, 3.63) is 62.9 Å². The van der Waals surface area contributed by atoms with Gasteiger partial charge in [-0.25, -0.2) is 8.78 Å². The summed E-state index contributed by atoms with van der Waals surface area (Å²) in [5.41, 5.74) is -1.61. The molecule has 0 saturated carbocycles. The molecule has 0 aromatic heterocycles. The Kier molecular flexibility index (Phi) is 6.23. The van der Waals surface area contributed by atoms with Crippen molar-refractivity contribution < 1.29 is 26.7 Å². The molecule has 0 radical (unpaired) electrons. The molecular weight excluding hydrogens is 484 g/mol. The molecule has 2 aromatic rings. The van der Waals surface area contributed by atoms with Crippen molar-refractivity contribution in [2.75, 3.05) is 5.32 Å². The molecule has 10 heteroatoms.